The fourth-order valence-electron chi connectivity index (χ4n) is 3.50. The summed E-state index contributed by atoms with van der Waals surface area (Å²) < 4.78 is 10.7. The van der Waals surface area contributed by atoms with Gasteiger partial charge in [0.15, 0.2) is 0 Å². The number of ether oxygens (including phenoxy) is 2. The second-order valence-electron chi connectivity index (χ2n) is 7.17. The Balaban J connectivity index is 1.84. The van der Waals surface area contributed by atoms with E-state index in [1.807, 2.05) is 0 Å². The Labute approximate surface area is 173 Å². The zero-order valence-corrected chi connectivity index (χ0v) is 16.9. The number of hydrogen-bond donors (Lipinski definition) is 2. The third-order valence-corrected chi connectivity index (χ3v) is 5.40. The minimum absolute atomic E-state index is 0.326. The van der Waals surface area contributed by atoms with Crippen LogP contribution in [0.2, 0.25) is 5.15 Å². The van der Waals surface area contributed by atoms with Gasteiger partial charge in [0.2, 0.25) is 0 Å². The smallest absolute Gasteiger partial charge is 0.413 e. The number of halogens is 1. The van der Waals surface area contributed by atoms with E-state index in [2.05, 4.69) is 10.3 Å². The molecule has 0 bridgehead atoms. The number of fused-ring (bicyclic) bond motifs is 1. The maximum absolute atomic E-state index is 12.3. The third-order valence-electron chi connectivity index (χ3n) is 5.19. The summed E-state index contributed by atoms with van der Waals surface area (Å²) in [5, 5.41) is 13.8. The minimum Gasteiger partial charge on any atom is -0.497 e. The van der Waals surface area contributed by atoms with Crippen molar-refractivity contribution in [3.05, 3.63) is 52.3 Å². The van der Waals surface area contributed by atoms with Crippen molar-refractivity contribution in [1.82, 2.24) is 15.2 Å². The molecule has 152 valence electrons. The topological polar surface area (TPSA) is 83.9 Å². The fraction of sp³-hybridized carbons (Fsp3) is 0.333. The largest absolute Gasteiger partial charge is 0.497 e. The molecule has 1 aliphatic heterocycles. The van der Waals surface area contributed by atoms with Gasteiger partial charge in [0.25, 0.3) is 0 Å². The fourth-order valence-corrected chi connectivity index (χ4v) is 3.67. The Morgan fingerprint density at radius 3 is 2.52 bits per heavy atom. The average Bonchev–Trinajstić information content (AvgIpc) is 3.55. The van der Waals surface area contributed by atoms with Crippen LogP contribution in [-0.4, -0.2) is 41.8 Å². The summed E-state index contributed by atoms with van der Waals surface area (Å²) in [5.41, 5.74) is 2.78. The van der Waals surface area contributed by atoms with E-state index in [1.54, 1.807) is 50.8 Å². The van der Waals surface area contributed by atoms with Crippen LogP contribution in [0.3, 0.4) is 0 Å². The molecule has 0 spiro atoms. The molecule has 0 radical (unpaired) electrons. The van der Waals surface area contributed by atoms with Gasteiger partial charge in [-0.3, -0.25) is 10.2 Å². The van der Waals surface area contributed by atoms with Gasteiger partial charge in [-0.05, 0) is 43.0 Å². The molecule has 1 fully saturated rings. The summed E-state index contributed by atoms with van der Waals surface area (Å²) in [4.78, 5) is 17.9. The quantitative estimate of drug-likeness (QED) is 0.686. The van der Waals surface area contributed by atoms with Crippen molar-refractivity contribution >= 4 is 29.5 Å². The molecule has 2 heterocycles. The van der Waals surface area contributed by atoms with Gasteiger partial charge in [-0.2, -0.15) is 0 Å². The normalized spacial score (nSPS) is 18.1. The van der Waals surface area contributed by atoms with Gasteiger partial charge in [-0.1, -0.05) is 11.6 Å². The lowest BCUT2D eigenvalue weighted by Gasteiger charge is -2.36. The first-order valence-electron chi connectivity index (χ1n) is 9.36. The van der Waals surface area contributed by atoms with E-state index in [-0.39, 0.29) is 0 Å². The second kappa shape index (κ2) is 7.93. The van der Waals surface area contributed by atoms with Gasteiger partial charge in [0.05, 0.1) is 19.9 Å². The lowest BCUT2D eigenvalue weighted by molar-refractivity contribution is 0.143. The summed E-state index contributed by atoms with van der Waals surface area (Å²) in [7, 11) is 3.12. The monoisotopic (exact) mass is 415 g/mol. The van der Waals surface area contributed by atoms with Crippen molar-refractivity contribution in [3.8, 4) is 11.5 Å². The van der Waals surface area contributed by atoms with Crippen LogP contribution in [0.1, 0.15) is 35.7 Å². The molecule has 1 unspecified atom stereocenters. The van der Waals surface area contributed by atoms with Crippen LogP contribution in [0.4, 0.5) is 4.79 Å². The van der Waals surface area contributed by atoms with Crippen molar-refractivity contribution in [2.75, 3.05) is 20.8 Å². The number of carbonyl (C=O) groups is 1. The summed E-state index contributed by atoms with van der Waals surface area (Å²) in [5.74, 6) is 1.74. The molecule has 2 aliphatic rings. The number of amides is 1. The Morgan fingerprint density at radius 1 is 1.24 bits per heavy atom. The molecule has 4 rings (SSSR count). The van der Waals surface area contributed by atoms with E-state index in [0.717, 1.165) is 30.5 Å². The number of nitrogens with zero attached hydrogens (tertiary/aromatic N) is 2. The molecule has 8 heteroatoms. The molecular weight excluding hydrogens is 394 g/mol. The van der Waals surface area contributed by atoms with Crippen molar-refractivity contribution in [1.29, 1.82) is 0 Å². The summed E-state index contributed by atoms with van der Waals surface area (Å²) >= 11 is 6.12. The van der Waals surface area contributed by atoms with Crippen LogP contribution < -0.4 is 14.8 Å². The molecule has 1 aromatic carbocycles. The van der Waals surface area contributed by atoms with E-state index in [1.165, 1.54) is 4.90 Å². The zero-order chi connectivity index (χ0) is 20.5. The van der Waals surface area contributed by atoms with E-state index in [0.29, 0.717) is 33.8 Å². The number of rotatable bonds is 6. The first-order valence-corrected chi connectivity index (χ1v) is 9.74. The van der Waals surface area contributed by atoms with Crippen molar-refractivity contribution in [2.45, 2.75) is 19.0 Å². The average molecular weight is 416 g/mol. The lowest BCUT2D eigenvalue weighted by Crippen LogP contribution is -2.43. The van der Waals surface area contributed by atoms with Gasteiger partial charge in [-0.25, -0.2) is 9.78 Å². The highest BCUT2D eigenvalue weighted by molar-refractivity contribution is 6.29. The molecule has 29 heavy (non-hydrogen) atoms. The second-order valence-corrected chi connectivity index (χ2v) is 7.56. The standard InChI is InChI=1S/C21H22ClN3O4/c1-28-15-5-13(6-16(8-15)29-2)18-7-14-11-23-19(22)9-17(14)20(25(18)21(26)27)24-10-12-3-4-12/h5-9,11-12,20,24H,3-4,10H2,1-2H3,(H,26,27). The molecule has 1 atom stereocenters. The maximum atomic E-state index is 12.3. The summed E-state index contributed by atoms with van der Waals surface area (Å²) in [6.07, 6.45) is 4.15. The molecule has 1 aliphatic carbocycles. The third kappa shape index (κ3) is 4.02. The number of benzene rings is 1. The molecule has 2 N–H and O–H groups in total. The van der Waals surface area contributed by atoms with Gasteiger partial charge < -0.3 is 14.6 Å². The van der Waals surface area contributed by atoms with Crippen LogP contribution in [-0.2, 0) is 0 Å². The molecular formula is C21H22ClN3O4. The zero-order valence-electron chi connectivity index (χ0n) is 16.2. The molecule has 1 aromatic heterocycles. The Hall–Kier alpha value is -2.77. The molecule has 0 saturated heterocycles. The van der Waals surface area contributed by atoms with Gasteiger partial charge in [-0.15, -0.1) is 0 Å². The highest BCUT2D eigenvalue weighted by atomic mass is 35.5. The van der Waals surface area contributed by atoms with E-state index >= 15 is 0 Å². The lowest BCUT2D eigenvalue weighted by atomic mass is 9.97. The predicted molar refractivity (Wildman–Crippen MR) is 110 cm³/mol. The predicted octanol–water partition coefficient (Wildman–Crippen LogP) is 4.24. The van der Waals surface area contributed by atoms with Crippen LogP contribution in [0, 0.1) is 5.92 Å². The molecule has 1 amide bonds. The molecule has 2 aromatic rings. The van der Waals surface area contributed by atoms with E-state index in [4.69, 9.17) is 21.1 Å². The van der Waals surface area contributed by atoms with E-state index < -0.39 is 12.3 Å². The Kier molecular flexibility index (Phi) is 5.34. The first-order chi connectivity index (χ1) is 14.0. The number of aromatic nitrogens is 1. The van der Waals surface area contributed by atoms with Crippen LogP contribution in [0.5, 0.6) is 11.5 Å². The van der Waals surface area contributed by atoms with Crippen LogP contribution in [0.15, 0.2) is 30.5 Å². The first kappa shape index (κ1) is 19.5. The molecule has 7 nitrogen and oxygen atoms in total. The number of nitrogens with one attached hydrogen (secondary N) is 1. The van der Waals surface area contributed by atoms with Crippen molar-refractivity contribution < 1.29 is 19.4 Å². The number of hydrogen-bond acceptors (Lipinski definition) is 5. The van der Waals surface area contributed by atoms with Crippen LogP contribution >= 0.6 is 11.6 Å². The summed E-state index contributed by atoms with van der Waals surface area (Å²) in [6.45, 7) is 0.739. The van der Waals surface area contributed by atoms with Crippen molar-refractivity contribution in [3.63, 3.8) is 0 Å². The van der Waals surface area contributed by atoms with Gasteiger partial charge in [0, 0.05) is 35.5 Å². The highest BCUT2D eigenvalue weighted by Gasteiger charge is 2.35. The minimum atomic E-state index is -1.06. The Morgan fingerprint density at radius 2 is 1.93 bits per heavy atom. The number of pyridine rings is 1. The SMILES string of the molecule is COc1cc(OC)cc(C2=Cc3cnc(Cl)cc3C(NCC3CC3)N2C(=O)O)c1. The van der Waals surface area contributed by atoms with Gasteiger partial charge in [0.1, 0.15) is 22.8 Å². The van der Waals surface area contributed by atoms with Crippen molar-refractivity contribution in [2.24, 2.45) is 5.92 Å². The molecule has 1 saturated carbocycles. The summed E-state index contributed by atoms with van der Waals surface area (Å²) in [6, 6.07) is 7.04. The van der Waals surface area contributed by atoms with E-state index in [9.17, 15) is 9.90 Å². The Bertz CT molecular complexity index is 952. The maximum Gasteiger partial charge on any atom is 0.413 e. The van der Waals surface area contributed by atoms with Crippen LogP contribution in [0.25, 0.3) is 11.8 Å². The van der Waals surface area contributed by atoms with Gasteiger partial charge >= 0.3 is 6.09 Å². The number of carboxylic acid groups (broad SMARTS) is 1. The highest BCUT2D eigenvalue weighted by Crippen LogP contribution is 2.40. The number of methoxy groups -OCH3 is 2.